The average Bonchev–Trinajstić information content (AvgIpc) is 2.99. The number of pyridine rings is 1. The molecule has 0 saturated carbocycles. The Labute approximate surface area is 137 Å². The van der Waals surface area contributed by atoms with Crippen LogP contribution in [0.25, 0.3) is 11.1 Å². The summed E-state index contributed by atoms with van der Waals surface area (Å²) in [6, 6.07) is 2.89. The summed E-state index contributed by atoms with van der Waals surface area (Å²) in [5.41, 5.74) is 1.22. The van der Waals surface area contributed by atoms with Gasteiger partial charge in [-0.15, -0.1) is 0 Å². The molecule has 0 amide bonds. The minimum absolute atomic E-state index is 0.0401. The number of ether oxygens (including phenoxy) is 1. The van der Waals surface area contributed by atoms with Crippen molar-refractivity contribution in [2.75, 3.05) is 18.0 Å². The van der Waals surface area contributed by atoms with Crippen LogP contribution in [0.3, 0.4) is 0 Å². The van der Waals surface area contributed by atoms with Gasteiger partial charge in [0.1, 0.15) is 23.6 Å². The molecule has 0 unspecified atom stereocenters. The zero-order chi connectivity index (χ0) is 16.5. The maximum atomic E-state index is 13.7. The van der Waals surface area contributed by atoms with Gasteiger partial charge in [-0.3, -0.25) is 0 Å². The van der Waals surface area contributed by atoms with Crippen molar-refractivity contribution in [2.24, 2.45) is 0 Å². The summed E-state index contributed by atoms with van der Waals surface area (Å²) in [5, 5.41) is 4.76. The van der Waals surface area contributed by atoms with Crippen LogP contribution >= 0.6 is 0 Å². The van der Waals surface area contributed by atoms with Crippen LogP contribution < -0.4 is 9.64 Å². The first-order chi connectivity index (χ1) is 11.7. The van der Waals surface area contributed by atoms with Gasteiger partial charge in [0, 0.05) is 12.7 Å². The van der Waals surface area contributed by atoms with Gasteiger partial charge < -0.3 is 14.2 Å². The average molecular weight is 329 g/mol. The Morgan fingerprint density at radius 2 is 2.25 bits per heavy atom. The quantitative estimate of drug-likeness (QED) is 0.730. The largest absolute Gasteiger partial charge is 0.470 e. The number of rotatable bonds is 3. The molecule has 8 heteroatoms. The van der Waals surface area contributed by atoms with Crippen LogP contribution in [0.15, 0.2) is 29.2 Å². The highest BCUT2D eigenvalue weighted by Crippen LogP contribution is 2.29. The standard InChI is InChI=1S/C16H16FN5O2/c1-10-13-14(19-9-20-16(13)24-21-10)22-7-3-4-11(8-22)23-15-12(17)5-2-6-18-15/h2,5-6,9,11H,3-4,7-8H2,1H3/t11-/m1/s1. The number of aryl methyl sites for hydroxylation is 1. The van der Waals surface area contributed by atoms with Crippen molar-refractivity contribution in [3.8, 4) is 5.88 Å². The minimum Gasteiger partial charge on any atom is -0.470 e. The van der Waals surface area contributed by atoms with Gasteiger partial charge in [-0.25, -0.2) is 14.4 Å². The molecule has 0 N–H and O–H groups in total. The first-order valence-electron chi connectivity index (χ1n) is 7.81. The molecule has 1 aliphatic heterocycles. The molecule has 1 atom stereocenters. The van der Waals surface area contributed by atoms with Crippen molar-refractivity contribution in [3.63, 3.8) is 0 Å². The van der Waals surface area contributed by atoms with E-state index in [2.05, 4.69) is 25.0 Å². The van der Waals surface area contributed by atoms with Crippen molar-refractivity contribution in [3.05, 3.63) is 36.2 Å². The highest BCUT2D eigenvalue weighted by atomic mass is 19.1. The number of hydrogen-bond donors (Lipinski definition) is 0. The van der Waals surface area contributed by atoms with E-state index in [4.69, 9.17) is 9.26 Å². The summed E-state index contributed by atoms with van der Waals surface area (Å²) in [5.74, 6) is 0.362. The van der Waals surface area contributed by atoms with Gasteiger partial charge in [-0.2, -0.15) is 4.98 Å². The predicted molar refractivity (Wildman–Crippen MR) is 84.4 cm³/mol. The van der Waals surface area contributed by atoms with Crippen LogP contribution in [0.5, 0.6) is 5.88 Å². The van der Waals surface area contributed by atoms with E-state index in [0.717, 1.165) is 36.3 Å². The molecule has 0 aromatic carbocycles. The van der Waals surface area contributed by atoms with Gasteiger partial charge in [0.2, 0.25) is 0 Å². The molecule has 7 nitrogen and oxygen atoms in total. The second-order valence-corrected chi connectivity index (χ2v) is 5.76. The molecule has 0 spiro atoms. The molecule has 4 rings (SSSR count). The summed E-state index contributed by atoms with van der Waals surface area (Å²) in [4.78, 5) is 14.6. The van der Waals surface area contributed by atoms with E-state index >= 15 is 0 Å². The van der Waals surface area contributed by atoms with Crippen LogP contribution in [0.4, 0.5) is 10.2 Å². The molecule has 3 aromatic heterocycles. The van der Waals surface area contributed by atoms with E-state index in [-0.39, 0.29) is 12.0 Å². The van der Waals surface area contributed by atoms with Gasteiger partial charge in [0.15, 0.2) is 5.82 Å². The molecular formula is C16H16FN5O2. The third-order valence-corrected chi connectivity index (χ3v) is 4.10. The normalized spacial score (nSPS) is 18.1. The molecular weight excluding hydrogens is 313 g/mol. The molecule has 124 valence electrons. The Morgan fingerprint density at radius 3 is 3.12 bits per heavy atom. The Hall–Kier alpha value is -2.77. The second kappa shape index (κ2) is 6.03. The lowest BCUT2D eigenvalue weighted by molar-refractivity contribution is 0.164. The first-order valence-corrected chi connectivity index (χ1v) is 7.81. The number of nitrogens with zero attached hydrogens (tertiary/aromatic N) is 5. The number of halogens is 1. The highest BCUT2D eigenvalue weighted by Gasteiger charge is 2.26. The molecule has 0 bridgehead atoms. The summed E-state index contributed by atoms with van der Waals surface area (Å²) in [6.45, 7) is 3.29. The molecule has 1 saturated heterocycles. The minimum atomic E-state index is -0.450. The fourth-order valence-corrected chi connectivity index (χ4v) is 2.99. The maximum absolute atomic E-state index is 13.7. The number of fused-ring (bicyclic) bond motifs is 1. The van der Waals surface area contributed by atoms with Crippen molar-refractivity contribution in [1.29, 1.82) is 0 Å². The number of hydrogen-bond acceptors (Lipinski definition) is 7. The summed E-state index contributed by atoms with van der Waals surface area (Å²) >= 11 is 0. The lowest BCUT2D eigenvalue weighted by Gasteiger charge is -2.33. The van der Waals surface area contributed by atoms with Crippen LogP contribution in [0.1, 0.15) is 18.5 Å². The van der Waals surface area contributed by atoms with E-state index in [9.17, 15) is 4.39 Å². The number of aromatic nitrogens is 4. The molecule has 0 radical (unpaired) electrons. The van der Waals surface area contributed by atoms with E-state index < -0.39 is 5.82 Å². The van der Waals surface area contributed by atoms with E-state index in [0.29, 0.717) is 12.3 Å². The Morgan fingerprint density at radius 1 is 1.33 bits per heavy atom. The highest BCUT2D eigenvalue weighted by molar-refractivity contribution is 5.87. The zero-order valence-corrected chi connectivity index (χ0v) is 13.1. The number of anilines is 1. The topological polar surface area (TPSA) is 77.2 Å². The lowest BCUT2D eigenvalue weighted by Crippen LogP contribution is -2.42. The number of piperidine rings is 1. The van der Waals surface area contributed by atoms with Crippen molar-refractivity contribution < 1.29 is 13.7 Å². The molecule has 3 aromatic rings. The van der Waals surface area contributed by atoms with Crippen LogP contribution in [0.2, 0.25) is 0 Å². The van der Waals surface area contributed by atoms with Crippen molar-refractivity contribution in [2.45, 2.75) is 25.9 Å². The second-order valence-electron chi connectivity index (χ2n) is 5.76. The van der Waals surface area contributed by atoms with Gasteiger partial charge >= 0.3 is 0 Å². The Bertz CT molecular complexity index is 869. The van der Waals surface area contributed by atoms with Gasteiger partial charge in [0.25, 0.3) is 11.6 Å². The lowest BCUT2D eigenvalue weighted by atomic mass is 10.1. The zero-order valence-electron chi connectivity index (χ0n) is 13.1. The fraction of sp³-hybridized carbons (Fsp3) is 0.375. The fourth-order valence-electron chi connectivity index (χ4n) is 2.99. The Kier molecular flexibility index (Phi) is 3.72. The van der Waals surface area contributed by atoms with Gasteiger partial charge in [-0.1, -0.05) is 5.16 Å². The predicted octanol–water partition coefficient (Wildman–Crippen LogP) is 2.51. The molecule has 24 heavy (non-hydrogen) atoms. The van der Waals surface area contributed by atoms with Gasteiger partial charge in [-0.05, 0) is 31.9 Å². The molecule has 0 aliphatic carbocycles. The van der Waals surface area contributed by atoms with E-state index in [1.165, 1.54) is 18.6 Å². The van der Waals surface area contributed by atoms with Crippen LogP contribution in [-0.4, -0.2) is 39.3 Å². The smallest absolute Gasteiger partial charge is 0.263 e. The van der Waals surface area contributed by atoms with Crippen LogP contribution in [-0.2, 0) is 0 Å². The monoisotopic (exact) mass is 329 g/mol. The maximum Gasteiger partial charge on any atom is 0.263 e. The SMILES string of the molecule is Cc1noc2ncnc(N3CCC[C@@H](Oc4ncccc4F)C3)c12. The molecule has 1 fully saturated rings. The third kappa shape index (κ3) is 2.64. The summed E-state index contributed by atoms with van der Waals surface area (Å²) in [6.07, 6.45) is 4.57. The Balaban J connectivity index is 1.58. The van der Waals surface area contributed by atoms with Crippen LogP contribution in [0, 0.1) is 12.7 Å². The van der Waals surface area contributed by atoms with Crippen molar-refractivity contribution in [1.82, 2.24) is 20.1 Å². The first kappa shape index (κ1) is 14.8. The summed E-state index contributed by atoms with van der Waals surface area (Å²) < 4.78 is 24.7. The van der Waals surface area contributed by atoms with Crippen molar-refractivity contribution >= 4 is 16.9 Å². The molecule has 4 heterocycles. The third-order valence-electron chi connectivity index (χ3n) is 4.10. The van der Waals surface area contributed by atoms with E-state index in [1.54, 1.807) is 6.07 Å². The summed E-state index contributed by atoms with van der Waals surface area (Å²) in [7, 11) is 0. The van der Waals surface area contributed by atoms with Gasteiger partial charge in [0.05, 0.1) is 12.2 Å². The molecule has 1 aliphatic rings. The van der Waals surface area contributed by atoms with E-state index in [1.807, 2.05) is 6.92 Å².